The molecule has 35 heavy (non-hydrogen) atoms. The van der Waals surface area contributed by atoms with Crippen molar-refractivity contribution in [2.75, 3.05) is 28.4 Å². The summed E-state index contributed by atoms with van der Waals surface area (Å²) in [5.41, 5.74) is 3.64. The van der Waals surface area contributed by atoms with Crippen molar-refractivity contribution >= 4 is 29.7 Å². The zero-order chi connectivity index (χ0) is 25.4. The highest BCUT2D eigenvalue weighted by molar-refractivity contribution is 6.30. The number of halogens is 1. The summed E-state index contributed by atoms with van der Waals surface area (Å²) < 4.78 is 26.5. The first kappa shape index (κ1) is 25.4. The third-order valence-electron chi connectivity index (χ3n) is 4.78. The van der Waals surface area contributed by atoms with Crippen molar-refractivity contribution in [3.05, 3.63) is 76.3 Å². The van der Waals surface area contributed by atoms with Gasteiger partial charge in [0.2, 0.25) is 5.75 Å². The Balaban J connectivity index is 1.71. The summed E-state index contributed by atoms with van der Waals surface area (Å²) in [5.74, 6) is 0.557. The van der Waals surface area contributed by atoms with Gasteiger partial charge in [0, 0.05) is 10.6 Å². The van der Waals surface area contributed by atoms with Crippen LogP contribution in [-0.2, 0) is 0 Å². The van der Waals surface area contributed by atoms with Gasteiger partial charge in [-0.05, 0) is 60.2 Å². The minimum absolute atomic E-state index is 0.228. The number of hydrogen-bond acceptors (Lipinski definition) is 8. The van der Waals surface area contributed by atoms with Gasteiger partial charge in [-0.1, -0.05) is 11.6 Å². The molecule has 3 rings (SSSR count). The fourth-order valence-corrected chi connectivity index (χ4v) is 3.16. The Bertz CT molecular complexity index is 1220. The number of ether oxygens (including phenoxy) is 5. The van der Waals surface area contributed by atoms with E-state index in [2.05, 4.69) is 10.5 Å². The first-order valence-electron chi connectivity index (χ1n) is 10.2. The van der Waals surface area contributed by atoms with Crippen molar-refractivity contribution in [3.8, 4) is 28.7 Å². The Morgan fingerprint density at radius 2 is 1.40 bits per heavy atom. The molecule has 0 aromatic heterocycles. The fraction of sp³-hybridized carbons (Fsp3) is 0.160. The molecule has 9 nitrogen and oxygen atoms in total. The quantitative estimate of drug-likeness (QED) is 0.202. The second-order valence-electron chi connectivity index (χ2n) is 6.92. The van der Waals surface area contributed by atoms with Gasteiger partial charge in [0.05, 0.1) is 40.2 Å². The van der Waals surface area contributed by atoms with Crippen molar-refractivity contribution in [2.45, 2.75) is 0 Å². The Hall–Kier alpha value is -4.24. The molecule has 10 heteroatoms. The number of benzene rings is 3. The van der Waals surface area contributed by atoms with Crippen molar-refractivity contribution in [1.29, 1.82) is 0 Å². The zero-order valence-corrected chi connectivity index (χ0v) is 20.2. The van der Waals surface area contributed by atoms with E-state index in [1.54, 1.807) is 42.5 Å². The molecule has 3 aromatic carbocycles. The summed E-state index contributed by atoms with van der Waals surface area (Å²) in [6.07, 6.45) is 1.42. The van der Waals surface area contributed by atoms with Gasteiger partial charge in [-0.3, -0.25) is 4.79 Å². The van der Waals surface area contributed by atoms with Gasteiger partial charge >= 0.3 is 5.97 Å². The molecule has 0 unspecified atom stereocenters. The Morgan fingerprint density at radius 1 is 0.771 bits per heavy atom. The molecule has 0 aliphatic rings. The largest absolute Gasteiger partial charge is 0.493 e. The second kappa shape index (κ2) is 11.8. The number of hydrazone groups is 1. The topological polar surface area (TPSA) is 105 Å². The maximum Gasteiger partial charge on any atom is 0.343 e. The van der Waals surface area contributed by atoms with E-state index in [9.17, 15) is 9.59 Å². The molecule has 0 radical (unpaired) electrons. The fourth-order valence-electron chi connectivity index (χ4n) is 3.04. The summed E-state index contributed by atoms with van der Waals surface area (Å²) in [4.78, 5) is 24.9. The molecular formula is C25H23ClN2O7. The summed E-state index contributed by atoms with van der Waals surface area (Å²) in [7, 11) is 5.84. The number of esters is 1. The van der Waals surface area contributed by atoms with Crippen LogP contribution in [0.1, 0.15) is 26.3 Å². The predicted octanol–water partition coefficient (Wildman–Crippen LogP) is 4.36. The van der Waals surface area contributed by atoms with Crippen LogP contribution in [0, 0.1) is 0 Å². The van der Waals surface area contributed by atoms with Crippen LogP contribution in [0.5, 0.6) is 28.7 Å². The lowest BCUT2D eigenvalue weighted by Gasteiger charge is -2.13. The zero-order valence-electron chi connectivity index (χ0n) is 19.5. The van der Waals surface area contributed by atoms with Gasteiger partial charge in [-0.25, -0.2) is 10.2 Å². The number of rotatable bonds is 9. The lowest BCUT2D eigenvalue weighted by atomic mass is 10.1. The summed E-state index contributed by atoms with van der Waals surface area (Å²) >= 11 is 5.85. The van der Waals surface area contributed by atoms with Crippen LogP contribution in [0.3, 0.4) is 0 Å². The molecule has 0 aliphatic heterocycles. The maximum atomic E-state index is 12.6. The van der Waals surface area contributed by atoms with Crippen molar-refractivity contribution in [3.63, 3.8) is 0 Å². The van der Waals surface area contributed by atoms with Gasteiger partial charge in [-0.15, -0.1) is 0 Å². The highest BCUT2D eigenvalue weighted by Gasteiger charge is 2.17. The molecule has 0 bridgehead atoms. The third-order valence-corrected chi connectivity index (χ3v) is 5.03. The van der Waals surface area contributed by atoms with E-state index in [-0.39, 0.29) is 11.3 Å². The molecule has 0 saturated heterocycles. The number of nitrogens with zero attached hydrogens (tertiary/aromatic N) is 1. The van der Waals surface area contributed by atoms with Crippen molar-refractivity contribution in [1.82, 2.24) is 5.43 Å². The molecule has 0 aliphatic carbocycles. The van der Waals surface area contributed by atoms with E-state index < -0.39 is 11.9 Å². The molecule has 0 spiro atoms. The first-order chi connectivity index (χ1) is 16.9. The number of methoxy groups -OCH3 is 4. The van der Waals surface area contributed by atoms with E-state index in [0.717, 1.165) is 0 Å². The van der Waals surface area contributed by atoms with Crippen LogP contribution in [0.2, 0.25) is 5.02 Å². The lowest BCUT2D eigenvalue weighted by Crippen LogP contribution is -2.18. The summed E-state index contributed by atoms with van der Waals surface area (Å²) in [6, 6.07) is 14.2. The van der Waals surface area contributed by atoms with Crippen LogP contribution in [0.4, 0.5) is 0 Å². The average molecular weight is 499 g/mol. The number of carbonyl (C=O) groups excluding carboxylic acids is 2. The van der Waals surface area contributed by atoms with Crippen LogP contribution < -0.4 is 29.1 Å². The highest BCUT2D eigenvalue weighted by Crippen LogP contribution is 2.38. The van der Waals surface area contributed by atoms with E-state index in [0.29, 0.717) is 39.1 Å². The van der Waals surface area contributed by atoms with Gasteiger partial charge in [0.15, 0.2) is 23.0 Å². The Labute approximate surface area is 207 Å². The molecular weight excluding hydrogens is 476 g/mol. The van der Waals surface area contributed by atoms with Crippen LogP contribution >= 0.6 is 11.6 Å². The van der Waals surface area contributed by atoms with Gasteiger partial charge in [0.1, 0.15) is 0 Å². The standard InChI is InChI=1S/C25H23ClN2O7/c1-31-20-11-15(5-10-19(20)35-25(30)16-6-8-18(26)9-7-16)14-27-28-24(29)17-12-21(32-2)23(34-4)22(13-17)33-3/h5-14H,1-4H3,(H,28,29)/b27-14-. The monoisotopic (exact) mass is 498 g/mol. The Morgan fingerprint density at radius 3 is 1.97 bits per heavy atom. The molecule has 0 heterocycles. The van der Waals surface area contributed by atoms with E-state index in [4.69, 9.17) is 35.3 Å². The normalized spacial score (nSPS) is 10.5. The van der Waals surface area contributed by atoms with Crippen molar-refractivity contribution < 1.29 is 33.3 Å². The molecule has 1 amide bonds. The molecule has 1 N–H and O–H groups in total. The molecule has 3 aromatic rings. The van der Waals surface area contributed by atoms with E-state index in [1.807, 2.05) is 0 Å². The van der Waals surface area contributed by atoms with Crippen molar-refractivity contribution in [2.24, 2.45) is 5.10 Å². The third kappa shape index (κ3) is 6.21. The lowest BCUT2D eigenvalue weighted by molar-refractivity contribution is 0.0729. The molecule has 0 saturated carbocycles. The summed E-state index contributed by atoms with van der Waals surface area (Å²) in [6.45, 7) is 0. The molecule has 0 atom stereocenters. The number of carbonyl (C=O) groups is 2. The number of amides is 1. The van der Waals surface area contributed by atoms with E-state index >= 15 is 0 Å². The minimum atomic E-state index is -0.556. The SMILES string of the molecule is COc1cc(/C=N\NC(=O)c2cc(OC)c(OC)c(OC)c2)ccc1OC(=O)c1ccc(Cl)cc1. The number of nitrogens with one attached hydrogen (secondary N) is 1. The smallest absolute Gasteiger partial charge is 0.343 e. The van der Waals surface area contributed by atoms with Gasteiger partial charge in [0.25, 0.3) is 5.91 Å². The average Bonchev–Trinajstić information content (AvgIpc) is 2.88. The molecule has 182 valence electrons. The molecule has 0 fully saturated rings. The summed E-state index contributed by atoms with van der Waals surface area (Å²) in [5, 5.41) is 4.49. The van der Waals surface area contributed by atoms with Crippen LogP contribution in [0.25, 0.3) is 0 Å². The highest BCUT2D eigenvalue weighted by atomic mass is 35.5. The maximum absolute atomic E-state index is 12.6. The number of hydrogen-bond donors (Lipinski definition) is 1. The Kier molecular flexibility index (Phi) is 8.53. The predicted molar refractivity (Wildman–Crippen MR) is 131 cm³/mol. The minimum Gasteiger partial charge on any atom is -0.493 e. The van der Waals surface area contributed by atoms with E-state index in [1.165, 1.54) is 46.8 Å². The van der Waals surface area contributed by atoms with Crippen LogP contribution in [0.15, 0.2) is 59.7 Å². The van der Waals surface area contributed by atoms with Crippen LogP contribution in [-0.4, -0.2) is 46.5 Å². The second-order valence-corrected chi connectivity index (χ2v) is 7.36. The van der Waals surface area contributed by atoms with Gasteiger partial charge < -0.3 is 23.7 Å². The first-order valence-corrected chi connectivity index (χ1v) is 10.6. The van der Waals surface area contributed by atoms with Gasteiger partial charge in [-0.2, -0.15) is 5.10 Å².